The number of ether oxygens (including phenoxy) is 1. The molecular formula is C22H28N2O2. The summed E-state index contributed by atoms with van der Waals surface area (Å²) in [6, 6.07) is 16.2. The summed E-state index contributed by atoms with van der Waals surface area (Å²) in [7, 11) is 3.91. The maximum Gasteiger partial charge on any atom is 0.244 e. The number of amides is 1. The van der Waals surface area contributed by atoms with Crippen molar-refractivity contribution in [3.05, 3.63) is 70.8 Å². The molecule has 0 aromatic heterocycles. The van der Waals surface area contributed by atoms with Crippen molar-refractivity contribution in [1.82, 2.24) is 9.80 Å². The maximum atomic E-state index is 13.0. The highest BCUT2D eigenvalue weighted by Crippen LogP contribution is 2.25. The van der Waals surface area contributed by atoms with Crippen LogP contribution in [0.25, 0.3) is 0 Å². The van der Waals surface area contributed by atoms with Gasteiger partial charge in [-0.15, -0.1) is 0 Å². The number of hydrogen-bond donors (Lipinski definition) is 0. The van der Waals surface area contributed by atoms with E-state index < -0.39 is 0 Å². The summed E-state index contributed by atoms with van der Waals surface area (Å²) in [5.74, 6) is 0.149. The Hall–Kier alpha value is -2.17. The van der Waals surface area contributed by atoms with Crippen molar-refractivity contribution in [3.63, 3.8) is 0 Å². The molecule has 1 aliphatic heterocycles. The maximum absolute atomic E-state index is 13.0. The summed E-state index contributed by atoms with van der Waals surface area (Å²) in [6.45, 7) is 6.09. The van der Waals surface area contributed by atoms with E-state index in [0.29, 0.717) is 19.7 Å². The molecule has 1 unspecified atom stereocenters. The molecule has 0 N–H and O–H groups in total. The van der Waals surface area contributed by atoms with E-state index >= 15 is 0 Å². The fourth-order valence-corrected chi connectivity index (χ4v) is 3.38. The number of hydrogen-bond acceptors (Lipinski definition) is 3. The van der Waals surface area contributed by atoms with Crippen molar-refractivity contribution in [2.24, 2.45) is 0 Å². The first kappa shape index (κ1) is 18.6. The first-order valence-corrected chi connectivity index (χ1v) is 9.13. The first-order chi connectivity index (χ1) is 12.5. The molecule has 3 rings (SSSR count). The lowest BCUT2D eigenvalue weighted by atomic mass is 10.00. The number of likely N-dealkylation sites (N-methyl/N-ethyl adjacent to an activating group) is 1. The van der Waals surface area contributed by atoms with Crippen LogP contribution in [0.4, 0.5) is 0 Å². The minimum absolute atomic E-state index is 0.124. The van der Waals surface area contributed by atoms with Gasteiger partial charge in [-0.3, -0.25) is 9.69 Å². The SMILES string of the molecule is Cc1cccc(C(C(=O)N2CC(OCc3ccccc3C)C2)N(C)C)c1. The van der Waals surface area contributed by atoms with Crippen molar-refractivity contribution < 1.29 is 9.53 Å². The van der Waals surface area contributed by atoms with Crippen molar-refractivity contribution in [1.29, 1.82) is 0 Å². The first-order valence-electron chi connectivity index (χ1n) is 9.13. The minimum Gasteiger partial charge on any atom is -0.370 e. The van der Waals surface area contributed by atoms with Gasteiger partial charge in [0.25, 0.3) is 0 Å². The van der Waals surface area contributed by atoms with Crippen LogP contribution in [-0.2, 0) is 16.1 Å². The molecule has 1 heterocycles. The molecule has 4 nitrogen and oxygen atoms in total. The van der Waals surface area contributed by atoms with Gasteiger partial charge in [-0.25, -0.2) is 0 Å². The molecule has 0 bridgehead atoms. The Balaban J connectivity index is 1.57. The number of rotatable bonds is 6. The zero-order valence-electron chi connectivity index (χ0n) is 16.1. The van der Waals surface area contributed by atoms with Crippen LogP contribution in [-0.4, -0.2) is 49.0 Å². The zero-order chi connectivity index (χ0) is 18.7. The van der Waals surface area contributed by atoms with Gasteiger partial charge in [0.1, 0.15) is 6.04 Å². The van der Waals surface area contributed by atoms with Gasteiger partial charge in [0, 0.05) is 13.1 Å². The fraction of sp³-hybridized carbons (Fsp3) is 0.409. The number of carbonyl (C=O) groups is 1. The van der Waals surface area contributed by atoms with Gasteiger partial charge in [0.2, 0.25) is 5.91 Å². The lowest BCUT2D eigenvalue weighted by Gasteiger charge is -2.42. The highest BCUT2D eigenvalue weighted by Gasteiger charge is 2.36. The molecule has 1 aliphatic rings. The van der Waals surface area contributed by atoms with Gasteiger partial charge in [0.05, 0.1) is 12.7 Å². The Bertz CT molecular complexity index is 766. The average Bonchev–Trinajstić information content (AvgIpc) is 2.55. The second-order valence-corrected chi connectivity index (χ2v) is 7.38. The molecule has 2 aromatic rings. The Morgan fingerprint density at radius 2 is 1.88 bits per heavy atom. The van der Waals surface area contributed by atoms with E-state index in [1.54, 1.807) is 0 Å². The van der Waals surface area contributed by atoms with Gasteiger partial charge in [-0.2, -0.15) is 0 Å². The van der Waals surface area contributed by atoms with Gasteiger partial charge in [0.15, 0.2) is 0 Å². The Labute approximate surface area is 156 Å². The molecule has 26 heavy (non-hydrogen) atoms. The summed E-state index contributed by atoms with van der Waals surface area (Å²) < 4.78 is 5.98. The average molecular weight is 352 g/mol. The van der Waals surface area contributed by atoms with Crippen LogP contribution < -0.4 is 0 Å². The summed E-state index contributed by atoms with van der Waals surface area (Å²) >= 11 is 0. The fourth-order valence-electron chi connectivity index (χ4n) is 3.38. The largest absolute Gasteiger partial charge is 0.370 e. The summed E-state index contributed by atoms with van der Waals surface area (Å²) in [5.41, 5.74) is 4.67. The van der Waals surface area contributed by atoms with E-state index in [-0.39, 0.29) is 18.1 Å². The standard InChI is InChI=1S/C22H28N2O2/c1-16-8-7-11-18(12-16)21(23(3)4)22(25)24-13-20(14-24)26-15-19-10-6-5-9-17(19)2/h5-12,20-21H,13-15H2,1-4H3. The van der Waals surface area contributed by atoms with Crippen LogP contribution >= 0.6 is 0 Å². The molecule has 0 aliphatic carbocycles. The number of likely N-dealkylation sites (tertiary alicyclic amines) is 1. The number of benzene rings is 2. The summed E-state index contributed by atoms with van der Waals surface area (Å²) in [5, 5.41) is 0. The predicted molar refractivity (Wildman–Crippen MR) is 104 cm³/mol. The molecule has 1 atom stereocenters. The highest BCUT2D eigenvalue weighted by atomic mass is 16.5. The normalized spacial score (nSPS) is 15.8. The van der Waals surface area contributed by atoms with Crippen molar-refractivity contribution in [2.75, 3.05) is 27.2 Å². The molecule has 0 spiro atoms. The second-order valence-electron chi connectivity index (χ2n) is 7.38. The van der Waals surface area contributed by atoms with E-state index in [1.165, 1.54) is 16.7 Å². The molecule has 0 radical (unpaired) electrons. The van der Waals surface area contributed by atoms with E-state index in [4.69, 9.17) is 4.74 Å². The minimum atomic E-state index is -0.243. The van der Waals surface area contributed by atoms with E-state index in [9.17, 15) is 4.79 Å². The van der Waals surface area contributed by atoms with E-state index in [2.05, 4.69) is 38.1 Å². The molecule has 1 saturated heterocycles. The van der Waals surface area contributed by atoms with Crippen molar-refractivity contribution in [2.45, 2.75) is 32.6 Å². The lowest BCUT2D eigenvalue weighted by Crippen LogP contribution is -2.57. The van der Waals surface area contributed by atoms with E-state index in [1.807, 2.05) is 48.2 Å². The van der Waals surface area contributed by atoms with Crippen molar-refractivity contribution >= 4 is 5.91 Å². The molecule has 1 amide bonds. The smallest absolute Gasteiger partial charge is 0.244 e. The van der Waals surface area contributed by atoms with Crippen molar-refractivity contribution in [3.8, 4) is 0 Å². The second kappa shape index (κ2) is 8.02. The van der Waals surface area contributed by atoms with Gasteiger partial charge in [-0.1, -0.05) is 54.1 Å². The van der Waals surface area contributed by atoms with Crippen LogP contribution in [0.2, 0.25) is 0 Å². The quantitative estimate of drug-likeness (QED) is 0.799. The van der Waals surface area contributed by atoms with Crippen LogP contribution in [0, 0.1) is 13.8 Å². The van der Waals surface area contributed by atoms with Gasteiger partial charge >= 0.3 is 0 Å². The topological polar surface area (TPSA) is 32.8 Å². The predicted octanol–water partition coefficient (Wildman–Crippen LogP) is 3.33. The Morgan fingerprint density at radius 3 is 2.54 bits per heavy atom. The van der Waals surface area contributed by atoms with Gasteiger partial charge in [-0.05, 0) is 44.6 Å². The van der Waals surface area contributed by atoms with E-state index in [0.717, 1.165) is 5.56 Å². The molecule has 2 aromatic carbocycles. The third-order valence-corrected chi connectivity index (χ3v) is 5.00. The Kier molecular flexibility index (Phi) is 5.74. The zero-order valence-corrected chi connectivity index (χ0v) is 16.1. The monoisotopic (exact) mass is 352 g/mol. The summed E-state index contributed by atoms with van der Waals surface area (Å²) in [6.07, 6.45) is 0.124. The number of carbonyl (C=O) groups excluding carboxylic acids is 1. The Morgan fingerprint density at radius 1 is 1.15 bits per heavy atom. The lowest BCUT2D eigenvalue weighted by molar-refractivity contribution is -0.151. The third kappa shape index (κ3) is 4.14. The van der Waals surface area contributed by atoms with Crippen LogP contribution in [0.1, 0.15) is 28.3 Å². The third-order valence-electron chi connectivity index (χ3n) is 5.00. The molecule has 0 saturated carbocycles. The van der Waals surface area contributed by atoms with Crippen LogP contribution in [0.15, 0.2) is 48.5 Å². The molecule has 4 heteroatoms. The molecule has 138 valence electrons. The van der Waals surface area contributed by atoms with Gasteiger partial charge < -0.3 is 9.64 Å². The summed E-state index contributed by atoms with van der Waals surface area (Å²) in [4.78, 5) is 16.9. The number of aryl methyl sites for hydroxylation is 2. The molecule has 1 fully saturated rings. The number of nitrogens with zero attached hydrogens (tertiary/aromatic N) is 2. The highest BCUT2D eigenvalue weighted by molar-refractivity contribution is 5.84. The molecular weight excluding hydrogens is 324 g/mol. The van der Waals surface area contributed by atoms with Crippen LogP contribution in [0.5, 0.6) is 0 Å². The van der Waals surface area contributed by atoms with Crippen LogP contribution in [0.3, 0.4) is 0 Å².